The van der Waals surface area contributed by atoms with Gasteiger partial charge in [-0.2, -0.15) is 13.2 Å². The Morgan fingerprint density at radius 3 is 2.18 bits per heavy atom. The Labute approximate surface area is 63.2 Å². The first-order valence-corrected chi connectivity index (χ1v) is 3.84. The highest BCUT2D eigenvalue weighted by Crippen LogP contribution is 2.45. The molecule has 1 nitrogen and oxygen atoms in total. The minimum atomic E-state index is -4.00. The lowest BCUT2D eigenvalue weighted by atomic mass is 10.4. The number of likely N-dealkylation sites (tertiary alicyclic amines) is 1. The molecular weight excluding hydrogens is 155 g/mol. The molecule has 1 heterocycles. The fourth-order valence-corrected chi connectivity index (χ4v) is 1.88. The summed E-state index contributed by atoms with van der Waals surface area (Å²) in [6.07, 6.45) is -2.84. The first-order valence-electron chi connectivity index (χ1n) is 3.84. The minimum absolute atomic E-state index is 0.595. The Bertz CT molecular complexity index is 156. The Hall–Kier alpha value is -0.250. The molecule has 4 heteroatoms. The van der Waals surface area contributed by atoms with Crippen LogP contribution in [0, 0.1) is 11.8 Å². The summed E-state index contributed by atoms with van der Waals surface area (Å²) in [6, 6.07) is 0. The molecule has 0 bridgehead atoms. The van der Waals surface area contributed by atoms with Gasteiger partial charge >= 0.3 is 6.18 Å². The van der Waals surface area contributed by atoms with Gasteiger partial charge in [-0.3, -0.25) is 4.90 Å². The molecule has 1 saturated carbocycles. The Balaban J connectivity index is 1.80. The van der Waals surface area contributed by atoms with Gasteiger partial charge in [-0.05, 0) is 18.3 Å². The van der Waals surface area contributed by atoms with Gasteiger partial charge in [0.05, 0.1) is 6.54 Å². The lowest BCUT2D eigenvalue weighted by Crippen LogP contribution is -2.33. The van der Waals surface area contributed by atoms with Gasteiger partial charge in [-0.1, -0.05) is 0 Å². The first-order chi connectivity index (χ1) is 5.04. The largest absolute Gasteiger partial charge is 0.401 e. The Morgan fingerprint density at radius 1 is 1.18 bits per heavy atom. The van der Waals surface area contributed by atoms with Crippen molar-refractivity contribution in [3.8, 4) is 0 Å². The van der Waals surface area contributed by atoms with Crippen LogP contribution in [-0.2, 0) is 0 Å². The molecule has 64 valence electrons. The fourth-order valence-electron chi connectivity index (χ4n) is 1.88. The smallest absolute Gasteiger partial charge is 0.294 e. The van der Waals surface area contributed by atoms with Crippen molar-refractivity contribution in [3.63, 3.8) is 0 Å². The summed E-state index contributed by atoms with van der Waals surface area (Å²) in [5.41, 5.74) is 0. The van der Waals surface area contributed by atoms with Crippen molar-refractivity contribution in [3.05, 3.63) is 0 Å². The number of nitrogens with zero attached hydrogens (tertiary/aromatic N) is 1. The lowest BCUT2D eigenvalue weighted by molar-refractivity contribution is -0.144. The van der Waals surface area contributed by atoms with E-state index in [1.165, 1.54) is 4.90 Å². The third kappa shape index (κ3) is 1.67. The monoisotopic (exact) mass is 165 g/mol. The number of rotatable bonds is 1. The van der Waals surface area contributed by atoms with Crippen molar-refractivity contribution in [2.45, 2.75) is 12.6 Å². The van der Waals surface area contributed by atoms with E-state index >= 15 is 0 Å². The Morgan fingerprint density at radius 2 is 1.73 bits per heavy atom. The quantitative estimate of drug-likeness (QED) is 0.569. The van der Waals surface area contributed by atoms with Crippen molar-refractivity contribution in [2.75, 3.05) is 19.6 Å². The topological polar surface area (TPSA) is 3.24 Å². The highest BCUT2D eigenvalue weighted by atomic mass is 19.4. The number of fused-ring (bicyclic) bond motifs is 1. The average Bonchev–Trinajstić information content (AvgIpc) is 2.36. The van der Waals surface area contributed by atoms with E-state index < -0.39 is 12.7 Å². The van der Waals surface area contributed by atoms with Gasteiger partial charge in [-0.25, -0.2) is 0 Å². The summed E-state index contributed by atoms with van der Waals surface area (Å²) in [5.74, 6) is 1.19. The maximum absolute atomic E-state index is 11.8. The molecule has 0 spiro atoms. The highest BCUT2D eigenvalue weighted by molar-refractivity contribution is 4.97. The second-order valence-corrected chi connectivity index (χ2v) is 3.57. The van der Waals surface area contributed by atoms with Crippen molar-refractivity contribution in [1.82, 2.24) is 4.90 Å². The van der Waals surface area contributed by atoms with E-state index in [9.17, 15) is 13.2 Å². The van der Waals surface area contributed by atoms with Crippen LogP contribution in [0.5, 0.6) is 0 Å². The van der Waals surface area contributed by atoms with Crippen LogP contribution in [0.4, 0.5) is 13.2 Å². The van der Waals surface area contributed by atoms with Crippen LogP contribution in [0.25, 0.3) is 0 Å². The SMILES string of the molecule is FC(F)(F)CN1CC2CC2C1. The van der Waals surface area contributed by atoms with Crippen LogP contribution in [0.1, 0.15) is 6.42 Å². The van der Waals surface area contributed by atoms with E-state index in [-0.39, 0.29) is 0 Å². The van der Waals surface area contributed by atoms with Gasteiger partial charge < -0.3 is 0 Å². The van der Waals surface area contributed by atoms with Crippen molar-refractivity contribution in [2.24, 2.45) is 11.8 Å². The zero-order valence-electron chi connectivity index (χ0n) is 6.06. The van der Waals surface area contributed by atoms with Gasteiger partial charge in [0.25, 0.3) is 0 Å². The first kappa shape index (κ1) is 7.40. The molecular formula is C7H10F3N. The van der Waals surface area contributed by atoms with Gasteiger partial charge in [-0.15, -0.1) is 0 Å². The summed E-state index contributed by atoms with van der Waals surface area (Å²) in [7, 11) is 0. The molecule has 0 radical (unpaired) electrons. The molecule has 1 saturated heterocycles. The van der Waals surface area contributed by atoms with Gasteiger partial charge in [0.1, 0.15) is 0 Å². The van der Waals surface area contributed by atoms with Crippen LogP contribution < -0.4 is 0 Å². The highest BCUT2D eigenvalue weighted by Gasteiger charge is 2.47. The number of halogens is 3. The molecule has 11 heavy (non-hydrogen) atoms. The molecule has 2 fully saturated rings. The molecule has 0 aromatic heterocycles. The standard InChI is InChI=1S/C7H10F3N/c8-7(9,10)4-11-2-5-1-6(5)3-11/h5-6H,1-4H2. The van der Waals surface area contributed by atoms with Gasteiger partial charge in [0.15, 0.2) is 0 Å². The van der Waals surface area contributed by atoms with Crippen LogP contribution in [0.15, 0.2) is 0 Å². The summed E-state index contributed by atoms with van der Waals surface area (Å²) in [4.78, 5) is 1.51. The van der Waals surface area contributed by atoms with Crippen LogP contribution >= 0.6 is 0 Å². The molecule has 2 unspecified atom stereocenters. The van der Waals surface area contributed by atoms with Crippen LogP contribution in [0.3, 0.4) is 0 Å². The molecule has 1 aliphatic heterocycles. The summed E-state index contributed by atoms with van der Waals surface area (Å²) in [6.45, 7) is 0.633. The summed E-state index contributed by atoms with van der Waals surface area (Å²) < 4.78 is 35.4. The molecule has 2 rings (SSSR count). The van der Waals surface area contributed by atoms with Crippen LogP contribution in [0.2, 0.25) is 0 Å². The molecule has 0 N–H and O–H groups in total. The van der Waals surface area contributed by atoms with Gasteiger partial charge in [0.2, 0.25) is 0 Å². The predicted molar refractivity (Wildman–Crippen MR) is 34.1 cm³/mol. The number of hydrogen-bond acceptors (Lipinski definition) is 1. The molecule has 1 aliphatic carbocycles. The normalized spacial score (nSPS) is 37.4. The molecule has 0 amide bonds. The second kappa shape index (κ2) is 2.12. The molecule has 0 aromatic carbocycles. The van der Waals surface area contributed by atoms with E-state index in [2.05, 4.69) is 0 Å². The summed E-state index contributed by atoms with van der Waals surface area (Å²) >= 11 is 0. The third-order valence-electron chi connectivity index (χ3n) is 2.46. The maximum Gasteiger partial charge on any atom is 0.401 e. The second-order valence-electron chi connectivity index (χ2n) is 3.57. The number of alkyl halides is 3. The number of hydrogen-bond donors (Lipinski definition) is 0. The van der Waals surface area contributed by atoms with Gasteiger partial charge in [0, 0.05) is 13.1 Å². The van der Waals surface area contributed by atoms with E-state index in [0.717, 1.165) is 6.42 Å². The third-order valence-corrected chi connectivity index (χ3v) is 2.46. The molecule has 2 atom stereocenters. The maximum atomic E-state index is 11.8. The zero-order valence-corrected chi connectivity index (χ0v) is 6.06. The fraction of sp³-hybridized carbons (Fsp3) is 1.00. The van der Waals surface area contributed by atoms with Crippen molar-refractivity contribution >= 4 is 0 Å². The van der Waals surface area contributed by atoms with E-state index in [1.807, 2.05) is 0 Å². The lowest BCUT2D eigenvalue weighted by Gasteiger charge is -2.18. The average molecular weight is 165 g/mol. The molecule has 2 aliphatic rings. The van der Waals surface area contributed by atoms with Crippen LogP contribution in [-0.4, -0.2) is 30.7 Å². The van der Waals surface area contributed by atoms with Crippen molar-refractivity contribution < 1.29 is 13.2 Å². The number of piperidine rings is 1. The zero-order chi connectivity index (χ0) is 8.06. The van der Waals surface area contributed by atoms with E-state index in [4.69, 9.17) is 0 Å². The summed E-state index contributed by atoms with van der Waals surface area (Å²) in [5, 5.41) is 0. The Kier molecular flexibility index (Phi) is 1.43. The molecule has 0 aromatic rings. The van der Waals surface area contributed by atoms with E-state index in [0.29, 0.717) is 24.9 Å². The van der Waals surface area contributed by atoms with E-state index in [1.54, 1.807) is 0 Å². The minimum Gasteiger partial charge on any atom is -0.294 e. The predicted octanol–water partition coefficient (Wildman–Crippen LogP) is 1.50. The van der Waals surface area contributed by atoms with Crippen molar-refractivity contribution in [1.29, 1.82) is 0 Å².